The second kappa shape index (κ2) is 9.41. The molecule has 1 saturated heterocycles. The Morgan fingerprint density at radius 1 is 0.882 bits per heavy atom. The lowest BCUT2D eigenvalue weighted by atomic mass is 9.94. The van der Waals surface area contributed by atoms with E-state index in [2.05, 4.69) is 0 Å². The van der Waals surface area contributed by atoms with Crippen LogP contribution in [0.2, 0.25) is 10.0 Å². The smallest absolute Gasteiger partial charge is 0.300 e. The Kier molecular flexibility index (Phi) is 6.55. The summed E-state index contributed by atoms with van der Waals surface area (Å²) >= 11 is 12.2. The number of aliphatic hydroxyl groups excluding tert-OH is 1. The highest BCUT2D eigenvalue weighted by Crippen LogP contribution is 2.45. The van der Waals surface area contributed by atoms with Crippen LogP contribution in [0.25, 0.3) is 5.76 Å². The first-order valence-corrected chi connectivity index (χ1v) is 11.1. The van der Waals surface area contributed by atoms with Gasteiger partial charge in [-0.15, -0.1) is 0 Å². The number of halogens is 2. The lowest BCUT2D eigenvalue weighted by molar-refractivity contribution is -0.132. The minimum atomic E-state index is -0.937. The van der Waals surface area contributed by atoms with Gasteiger partial charge in [-0.25, -0.2) is 0 Å². The van der Waals surface area contributed by atoms with Crippen LogP contribution in [0.1, 0.15) is 22.7 Å². The fourth-order valence-corrected chi connectivity index (χ4v) is 4.32. The van der Waals surface area contributed by atoms with Crippen LogP contribution in [0, 0.1) is 6.92 Å². The Morgan fingerprint density at radius 3 is 2.18 bits per heavy atom. The monoisotopic (exact) mass is 497 g/mol. The van der Waals surface area contributed by atoms with Gasteiger partial charge in [0, 0.05) is 21.3 Å². The van der Waals surface area contributed by atoms with E-state index < -0.39 is 17.7 Å². The molecule has 174 valence electrons. The number of hydrogen-bond donors (Lipinski definition) is 1. The van der Waals surface area contributed by atoms with Crippen molar-refractivity contribution in [2.24, 2.45) is 0 Å². The average Bonchev–Trinajstić information content (AvgIpc) is 3.10. The quantitative estimate of drug-likeness (QED) is 0.268. The molecule has 1 amide bonds. The molecule has 0 spiro atoms. The van der Waals surface area contributed by atoms with Crippen LogP contribution in [-0.4, -0.2) is 31.0 Å². The number of nitrogens with zero attached hydrogens (tertiary/aromatic N) is 1. The van der Waals surface area contributed by atoms with Gasteiger partial charge < -0.3 is 14.6 Å². The number of carbonyl (C=O) groups excluding carboxylic acids is 2. The molecule has 3 aromatic rings. The number of carbonyl (C=O) groups is 2. The van der Waals surface area contributed by atoms with Gasteiger partial charge in [0.25, 0.3) is 11.7 Å². The van der Waals surface area contributed by atoms with Gasteiger partial charge >= 0.3 is 0 Å². The second-order valence-corrected chi connectivity index (χ2v) is 8.59. The lowest BCUT2D eigenvalue weighted by Gasteiger charge is -2.27. The molecule has 1 fully saturated rings. The molecule has 0 radical (unpaired) electrons. The summed E-state index contributed by atoms with van der Waals surface area (Å²) in [7, 11) is 3.01. The van der Waals surface area contributed by atoms with Crippen LogP contribution >= 0.6 is 23.2 Å². The molecule has 34 heavy (non-hydrogen) atoms. The number of ketones is 1. The predicted molar refractivity (Wildman–Crippen MR) is 132 cm³/mol. The molecule has 4 rings (SSSR count). The fraction of sp³-hybridized carbons (Fsp3) is 0.154. The molecule has 1 atom stereocenters. The SMILES string of the molecule is COc1ccc(C2/C(=C(\O)c3ccc(Cl)cc3)C(=O)C(=O)N2c2cc(Cl)ccc2C)cc1OC. The van der Waals surface area contributed by atoms with E-state index in [0.29, 0.717) is 38.4 Å². The van der Waals surface area contributed by atoms with Crippen LogP contribution in [0.4, 0.5) is 5.69 Å². The summed E-state index contributed by atoms with van der Waals surface area (Å²) in [5.41, 5.74) is 2.05. The van der Waals surface area contributed by atoms with Gasteiger partial charge in [0.2, 0.25) is 0 Å². The normalized spacial score (nSPS) is 17.2. The number of methoxy groups -OCH3 is 2. The number of ether oxygens (including phenoxy) is 2. The number of rotatable bonds is 5. The molecule has 1 aliphatic heterocycles. The third-order valence-electron chi connectivity index (χ3n) is 5.72. The number of Topliss-reactive ketones (excluding diaryl/α,β-unsaturated/α-hetero) is 1. The fourth-order valence-electron chi connectivity index (χ4n) is 4.02. The zero-order valence-corrected chi connectivity index (χ0v) is 20.1. The Hall–Kier alpha value is -3.48. The van der Waals surface area contributed by atoms with E-state index in [1.807, 2.05) is 6.92 Å². The Labute approximate surface area is 206 Å². The number of aliphatic hydroxyl groups is 1. The van der Waals surface area contributed by atoms with E-state index in [1.165, 1.54) is 19.1 Å². The Morgan fingerprint density at radius 2 is 1.53 bits per heavy atom. The zero-order valence-electron chi connectivity index (χ0n) is 18.6. The molecular weight excluding hydrogens is 477 g/mol. The average molecular weight is 498 g/mol. The summed E-state index contributed by atoms with van der Waals surface area (Å²) in [5.74, 6) is -0.996. The summed E-state index contributed by atoms with van der Waals surface area (Å²) in [6.07, 6.45) is 0. The molecule has 1 heterocycles. The van der Waals surface area contributed by atoms with Crippen molar-refractivity contribution >= 4 is 46.3 Å². The Balaban J connectivity index is 2.00. The summed E-state index contributed by atoms with van der Waals surface area (Å²) < 4.78 is 10.8. The standard InChI is InChI=1S/C26H21Cl2NO5/c1-14-4-8-18(28)13-19(14)29-23(16-7-11-20(33-2)21(12-16)34-3)22(25(31)26(29)32)24(30)15-5-9-17(27)10-6-15/h4-13,23,30H,1-3H3/b24-22+. The first kappa shape index (κ1) is 23.7. The second-order valence-electron chi connectivity index (χ2n) is 7.72. The van der Waals surface area contributed by atoms with Crippen LogP contribution in [0.3, 0.4) is 0 Å². The van der Waals surface area contributed by atoms with Gasteiger partial charge in [0.15, 0.2) is 11.5 Å². The summed E-state index contributed by atoms with van der Waals surface area (Å²) in [6.45, 7) is 1.82. The molecule has 0 bridgehead atoms. The van der Waals surface area contributed by atoms with Crippen molar-refractivity contribution in [1.82, 2.24) is 0 Å². The van der Waals surface area contributed by atoms with Gasteiger partial charge in [0.1, 0.15) is 5.76 Å². The molecule has 0 aromatic heterocycles. The summed E-state index contributed by atoms with van der Waals surface area (Å²) in [4.78, 5) is 28.0. The maximum absolute atomic E-state index is 13.3. The lowest BCUT2D eigenvalue weighted by Crippen LogP contribution is -2.30. The van der Waals surface area contributed by atoms with Crippen molar-refractivity contribution < 1.29 is 24.2 Å². The van der Waals surface area contributed by atoms with Crippen molar-refractivity contribution in [3.8, 4) is 11.5 Å². The van der Waals surface area contributed by atoms with E-state index in [0.717, 1.165) is 5.56 Å². The maximum Gasteiger partial charge on any atom is 0.300 e. The van der Waals surface area contributed by atoms with Gasteiger partial charge in [-0.3, -0.25) is 14.5 Å². The van der Waals surface area contributed by atoms with Crippen LogP contribution in [-0.2, 0) is 9.59 Å². The van der Waals surface area contributed by atoms with Crippen LogP contribution in [0.15, 0.2) is 66.2 Å². The van der Waals surface area contributed by atoms with Crippen LogP contribution in [0.5, 0.6) is 11.5 Å². The molecular formula is C26H21Cl2NO5. The van der Waals surface area contributed by atoms with Crippen molar-refractivity contribution in [3.05, 3.63) is 93.0 Å². The first-order chi connectivity index (χ1) is 16.3. The van der Waals surface area contributed by atoms with Gasteiger partial charge in [0.05, 0.1) is 25.8 Å². The van der Waals surface area contributed by atoms with Crippen molar-refractivity contribution in [3.63, 3.8) is 0 Å². The Bertz CT molecular complexity index is 1320. The minimum absolute atomic E-state index is 0.0566. The molecule has 0 aliphatic carbocycles. The zero-order chi connectivity index (χ0) is 24.6. The first-order valence-electron chi connectivity index (χ1n) is 10.3. The molecule has 1 unspecified atom stereocenters. The molecule has 1 N–H and O–H groups in total. The minimum Gasteiger partial charge on any atom is -0.507 e. The highest BCUT2D eigenvalue weighted by atomic mass is 35.5. The maximum atomic E-state index is 13.3. The summed E-state index contributed by atoms with van der Waals surface area (Å²) in [5, 5.41) is 12.1. The number of anilines is 1. The largest absolute Gasteiger partial charge is 0.507 e. The van der Waals surface area contributed by atoms with Crippen LogP contribution < -0.4 is 14.4 Å². The van der Waals surface area contributed by atoms with E-state index >= 15 is 0 Å². The number of aryl methyl sites for hydroxylation is 1. The van der Waals surface area contributed by atoms with E-state index in [1.54, 1.807) is 60.7 Å². The molecule has 0 saturated carbocycles. The molecule has 6 nitrogen and oxygen atoms in total. The highest BCUT2D eigenvalue weighted by molar-refractivity contribution is 6.52. The number of benzene rings is 3. The third kappa shape index (κ3) is 4.11. The molecule has 3 aromatic carbocycles. The third-order valence-corrected chi connectivity index (χ3v) is 6.20. The van der Waals surface area contributed by atoms with Crippen molar-refractivity contribution in [2.45, 2.75) is 13.0 Å². The van der Waals surface area contributed by atoms with Crippen molar-refractivity contribution in [2.75, 3.05) is 19.1 Å². The van der Waals surface area contributed by atoms with Gasteiger partial charge in [-0.05, 0) is 66.6 Å². The van der Waals surface area contributed by atoms with Crippen molar-refractivity contribution in [1.29, 1.82) is 0 Å². The summed E-state index contributed by atoms with van der Waals surface area (Å²) in [6, 6.07) is 15.6. The van der Waals surface area contributed by atoms with E-state index in [9.17, 15) is 14.7 Å². The number of amides is 1. The van der Waals surface area contributed by atoms with E-state index in [-0.39, 0.29) is 11.3 Å². The number of hydrogen-bond acceptors (Lipinski definition) is 5. The highest BCUT2D eigenvalue weighted by Gasteiger charge is 2.47. The molecule has 8 heteroatoms. The molecule has 1 aliphatic rings. The van der Waals surface area contributed by atoms with Gasteiger partial charge in [-0.2, -0.15) is 0 Å². The predicted octanol–water partition coefficient (Wildman–Crippen LogP) is 5.95. The van der Waals surface area contributed by atoms with E-state index in [4.69, 9.17) is 32.7 Å². The topological polar surface area (TPSA) is 76.1 Å². The van der Waals surface area contributed by atoms with Gasteiger partial charge in [-0.1, -0.05) is 35.3 Å².